The third-order valence-corrected chi connectivity index (χ3v) is 11.0. The summed E-state index contributed by atoms with van der Waals surface area (Å²) in [6.07, 6.45) is 1.83. The first-order chi connectivity index (χ1) is 24.1. The van der Waals surface area contributed by atoms with E-state index >= 15 is 0 Å². The minimum atomic E-state index is -0.442. The summed E-state index contributed by atoms with van der Waals surface area (Å²) < 4.78 is 19.7. The Hall–Kier alpha value is -4.29. The average Bonchev–Trinajstić information content (AvgIpc) is 3.78. The van der Waals surface area contributed by atoms with Crippen LogP contribution in [0.2, 0.25) is 10.0 Å². The molecule has 13 heteroatoms. The Morgan fingerprint density at radius 3 is 2.68 bits per heavy atom. The van der Waals surface area contributed by atoms with E-state index in [1.165, 1.54) is 0 Å². The van der Waals surface area contributed by atoms with E-state index in [1.807, 2.05) is 48.0 Å². The zero-order chi connectivity index (χ0) is 34.7. The van der Waals surface area contributed by atoms with Crippen LogP contribution in [0.1, 0.15) is 51.2 Å². The Balaban J connectivity index is 0.993. The highest BCUT2D eigenvalue weighted by atomic mass is 35.5. The largest absolute Gasteiger partial charge is 0.496 e. The number of likely N-dealkylation sites (tertiary alicyclic amines) is 1. The van der Waals surface area contributed by atoms with Crippen molar-refractivity contribution in [3.8, 4) is 22.6 Å². The number of carbonyl (C=O) groups is 2. The molecule has 8 rings (SSSR count). The van der Waals surface area contributed by atoms with Crippen molar-refractivity contribution in [2.75, 3.05) is 45.7 Å². The van der Waals surface area contributed by atoms with Crippen molar-refractivity contribution in [1.29, 1.82) is 0 Å². The second kappa shape index (κ2) is 12.8. The predicted molar refractivity (Wildman–Crippen MR) is 190 cm³/mol. The maximum absolute atomic E-state index is 13.4. The van der Waals surface area contributed by atoms with Crippen molar-refractivity contribution in [2.45, 2.75) is 44.1 Å². The molecule has 11 nitrogen and oxygen atoms in total. The van der Waals surface area contributed by atoms with Crippen molar-refractivity contribution < 1.29 is 23.8 Å². The quantitative estimate of drug-likeness (QED) is 0.229. The van der Waals surface area contributed by atoms with Gasteiger partial charge in [-0.05, 0) is 48.7 Å². The third kappa shape index (κ3) is 5.85. The number of rotatable bonds is 8. The molecule has 0 bridgehead atoms. The lowest BCUT2D eigenvalue weighted by atomic mass is 9.94. The van der Waals surface area contributed by atoms with Gasteiger partial charge in [-0.15, -0.1) is 0 Å². The molecule has 1 spiro atoms. The fourth-order valence-electron chi connectivity index (χ4n) is 7.80. The number of aromatic nitrogens is 2. The summed E-state index contributed by atoms with van der Waals surface area (Å²) >= 11 is 13.8. The van der Waals surface area contributed by atoms with Crippen LogP contribution in [-0.4, -0.2) is 77.3 Å². The van der Waals surface area contributed by atoms with Gasteiger partial charge in [-0.3, -0.25) is 9.69 Å². The van der Waals surface area contributed by atoms with Gasteiger partial charge < -0.3 is 34.3 Å². The number of hydrogen-bond acceptors (Lipinski definition) is 8. The highest BCUT2D eigenvalue weighted by Crippen LogP contribution is 2.45. The number of imidazole rings is 1. The Morgan fingerprint density at radius 2 is 1.90 bits per heavy atom. The predicted octanol–water partition coefficient (Wildman–Crippen LogP) is 6.00. The molecule has 2 amide bonds. The fraction of sp³-hybridized carbons (Fsp3) is 0.378. The standard InChI is InChI=1S/C37H38Cl2N6O5/c1-43-13-12-29-28(17-43)41-34(44(29)2)35(46)42-27-9-5-8-25(33(27)39)22-6-4-7-24-23(22)10-11-30(24)49-32-15-31(48-3)21(14-26(32)38)16-45-19-37(20-45)18-40-36(47)50-37/h4-9,14-15,30H,10-13,16-20H2,1-3H3,(H,40,47)(H,42,46). The molecule has 1 aromatic heterocycles. The van der Waals surface area contributed by atoms with E-state index < -0.39 is 5.60 Å². The second-order valence-electron chi connectivity index (χ2n) is 13.7. The molecule has 0 saturated carbocycles. The maximum atomic E-state index is 13.4. The minimum Gasteiger partial charge on any atom is -0.496 e. The molecule has 4 aliphatic rings. The maximum Gasteiger partial charge on any atom is 0.407 e. The summed E-state index contributed by atoms with van der Waals surface area (Å²) in [4.78, 5) is 34.0. The highest BCUT2D eigenvalue weighted by molar-refractivity contribution is 6.36. The van der Waals surface area contributed by atoms with Gasteiger partial charge in [0.25, 0.3) is 5.91 Å². The number of methoxy groups -OCH3 is 1. The van der Waals surface area contributed by atoms with Crippen molar-refractivity contribution in [3.63, 3.8) is 0 Å². The molecule has 260 valence electrons. The summed E-state index contributed by atoms with van der Waals surface area (Å²) in [5.74, 6) is 1.31. The van der Waals surface area contributed by atoms with E-state index in [0.717, 1.165) is 71.6 Å². The van der Waals surface area contributed by atoms with E-state index in [2.05, 4.69) is 44.6 Å². The van der Waals surface area contributed by atoms with Gasteiger partial charge in [-0.25, -0.2) is 9.78 Å². The molecule has 4 aromatic rings. The van der Waals surface area contributed by atoms with Gasteiger partial charge in [0, 0.05) is 69.1 Å². The average molecular weight is 718 g/mol. The minimum absolute atomic E-state index is 0.215. The van der Waals surface area contributed by atoms with Crippen LogP contribution in [-0.2, 0) is 37.7 Å². The number of fused-ring (bicyclic) bond motifs is 2. The number of amides is 2. The first-order valence-corrected chi connectivity index (χ1v) is 17.5. The number of halogens is 2. The molecule has 4 heterocycles. The summed E-state index contributed by atoms with van der Waals surface area (Å²) in [5.41, 5.74) is 7.11. The van der Waals surface area contributed by atoms with Crippen molar-refractivity contribution in [2.24, 2.45) is 7.05 Å². The molecule has 3 aliphatic heterocycles. The topological polar surface area (TPSA) is 110 Å². The Morgan fingerprint density at radius 1 is 1.10 bits per heavy atom. The molecule has 2 saturated heterocycles. The van der Waals surface area contributed by atoms with E-state index in [4.69, 9.17) is 37.4 Å². The second-order valence-corrected chi connectivity index (χ2v) is 14.5. The number of nitrogens with zero attached hydrogens (tertiary/aromatic N) is 4. The van der Waals surface area contributed by atoms with Crippen LogP contribution in [0.25, 0.3) is 11.1 Å². The summed E-state index contributed by atoms with van der Waals surface area (Å²) in [5, 5.41) is 6.73. The molecule has 2 N–H and O–H groups in total. The summed E-state index contributed by atoms with van der Waals surface area (Å²) in [6.45, 7) is 4.09. The van der Waals surface area contributed by atoms with E-state index in [1.54, 1.807) is 7.11 Å². The van der Waals surface area contributed by atoms with Gasteiger partial charge in [0.05, 0.1) is 35.1 Å². The fourth-order valence-corrected chi connectivity index (χ4v) is 8.31. The molecule has 1 atom stereocenters. The molecule has 2 fully saturated rings. The van der Waals surface area contributed by atoms with E-state index in [-0.39, 0.29) is 18.1 Å². The molecule has 3 aromatic carbocycles. The lowest BCUT2D eigenvalue weighted by molar-refractivity contribution is -0.0767. The van der Waals surface area contributed by atoms with Crippen molar-refractivity contribution in [3.05, 3.63) is 92.5 Å². The smallest absolute Gasteiger partial charge is 0.407 e. The number of likely N-dealkylation sites (N-methyl/N-ethyl adjacent to an activating group) is 1. The SMILES string of the molecule is COc1cc(OC2CCc3c(-c4cccc(NC(=O)c5nc6c(n5C)CCN(C)C6)c4Cl)cccc32)c(Cl)cc1CN1CC2(CNC(=O)O2)C1. The number of alkyl carbamates (subject to hydrolysis) is 1. The molecule has 0 radical (unpaired) electrons. The highest BCUT2D eigenvalue weighted by Gasteiger charge is 2.50. The Bertz CT molecular complexity index is 2030. The lowest BCUT2D eigenvalue weighted by Crippen LogP contribution is -2.63. The normalized spacial score (nSPS) is 19.4. The Kier molecular flexibility index (Phi) is 8.42. The van der Waals surface area contributed by atoms with Gasteiger partial charge >= 0.3 is 6.09 Å². The van der Waals surface area contributed by atoms with E-state index in [0.29, 0.717) is 59.2 Å². The van der Waals surface area contributed by atoms with Gasteiger partial charge in [0.1, 0.15) is 17.6 Å². The zero-order valence-corrected chi connectivity index (χ0v) is 29.7. The zero-order valence-electron chi connectivity index (χ0n) is 28.1. The molecular formula is C37H38Cl2N6O5. The van der Waals surface area contributed by atoms with Crippen molar-refractivity contribution >= 4 is 40.9 Å². The van der Waals surface area contributed by atoms with Gasteiger partial charge in [0.15, 0.2) is 11.4 Å². The number of anilines is 1. The van der Waals surface area contributed by atoms with Crippen LogP contribution in [0.4, 0.5) is 10.5 Å². The molecular weight excluding hydrogens is 679 g/mol. The number of ether oxygens (including phenoxy) is 3. The monoisotopic (exact) mass is 716 g/mol. The number of benzene rings is 3. The van der Waals surface area contributed by atoms with Crippen molar-refractivity contribution in [1.82, 2.24) is 24.7 Å². The summed E-state index contributed by atoms with van der Waals surface area (Å²) in [7, 11) is 5.59. The van der Waals surface area contributed by atoms with Crippen LogP contribution < -0.4 is 20.1 Å². The van der Waals surface area contributed by atoms with E-state index in [9.17, 15) is 9.59 Å². The number of nitrogens with one attached hydrogen (secondary N) is 2. The van der Waals surface area contributed by atoms with Crippen LogP contribution in [0.15, 0.2) is 48.5 Å². The van der Waals surface area contributed by atoms with Crippen LogP contribution in [0, 0.1) is 0 Å². The first kappa shape index (κ1) is 32.9. The number of hydrogen-bond donors (Lipinski definition) is 2. The summed E-state index contributed by atoms with van der Waals surface area (Å²) in [6, 6.07) is 15.6. The van der Waals surface area contributed by atoms with Crippen LogP contribution in [0.3, 0.4) is 0 Å². The Labute approximate surface area is 300 Å². The van der Waals surface area contributed by atoms with Crippen LogP contribution >= 0.6 is 23.2 Å². The molecule has 1 aliphatic carbocycles. The number of carbonyl (C=O) groups excluding carboxylic acids is 2. The van der Waals surface area contributed by atoms with Crippen LogP contribution in [0.5, 0.6) is 11.5 Å². The van der Waals surface area contributed by atoms with Gasteiger partial charge in [-0.2, -0.15) is 0 Å². The third-order valence-electron chi connectivity index (χ3n) is 10.3. The van der Waals surface area contributed by atoms with Gasteiger partial charge in [-0.1, -0.05) is 53.5 Å². The molecule has 1 unspecified atom stereocenters. The van der Waals surface area contributed by atoms with Gasteiger partial charge in [0.2, 0.25) is 0 Å². The first-order valence-electron chi connectivity index (χ1n) is 16.8. The molecule has 50 heavy (non-hydrogen) atoms. The lowest BCUT2D eigenvalue weighted by Gasteiger charge is -2.45.